The summed E-state index contributed by atoms with van der Waals surface area (Å²) in [5, 5.41) is 1.75. The molecule has 25 heavy (non-hydrogen) atoms. The number of benzene rings is 2. The zero-order valence-corrected chi connectivity index (χ0v) is 14.6. The van der Waals surface area contributed by atoms with Crippen LogP contribution in [0.1, 0.15) is 11.1 Å². The minimum absolute atomic E-state index is 0.0358. The number of fused-ring (bicyclic) bond motifs is 1. The summed E-state index contributed by atoms with van der Waals surface area (Å²) in [5.41, 5.74) is 5.28. The molecule has 1 saturated heterocycles. The molecule has 2 aromatic carbocycles. The molecule has 1 N–H and O–H groups in total. The molecule has 2 heterocycles. The standard InChI is InChI=1S/C21H22N2O2/c1-14-3-6-16(7-4-14)19-20(23-9-11-25-12-10-23)17-8-5-15(2)13-18(17)21(24)22-19/h3-8,13H,9-12H2,1-2H3,(H,22,24). The molecule has 3 aromatic rings. The zero-order chi connectivity index (χ0) is 17.4. The van der Waals surface area contributed by atoms with Crippen LogP contribution in [0.15, 0.2) is 47.3 Å². The number of aryl methyl sites for hydroxylation is 2. The van der Waals surface area contributed by atoms with E-state index in [1.807, 2.05) is 13.0 Å². The maximum atomic E-state index is 12.7. The van der Waals surface area contributed by atoms with Crippen LogP contribution in [0, 0.1) is 13.8 Å². The summed E-state index contributed by atoms with van der Waals surface area (Å²) in [4.78, 5) is 18.2. The predicted molar refractivity (Wildman–Crippen MR) is 103 cm³/mol. The van der Waals surface area contributed by atoms with Crippen LogP contribution in [0.5, 0.6) is 0 Å². The van der Waals surface area contributed by atoms with Crippen LogP contribution in [0.2, 0.25) is 0 Å². The van der Waals surface area contributed by atoms with E-state index >= 15 is 0 Å². The van der Waals surface area contributed by atoms with Crippen molar-refractivity contribution < 1.29 is 4.74 Å². The number of hydrogen-bond acceptors (Lipinski definition) is 3. The van der Waals surface area contributed by atoms with Gasteiger partial charge in [0.15, 0.2) is 0 Å². The SMILES string of the molecule is Cc1ccc(-c2[nH]c(=O)c3cc(C)ccc3c2N2CCOCC2)cc1. The van der Waals surface area contributed by atoms with Gasteiger partial charge in [-0.05, 0) is 19.9 Å². The highest BCUT2D eigenvalue weighted by Crippen LogP contribution is 2.35. The first kappa shape index (κ1) is 15.9. The van der Waals surface area contributed by atoms with Crippen molar-refractivity contribution in [3.63, 3.8) is 0 Å². The van der Waals surface area contributed by atoms with E-state index in [-0.39, 0.29) is 5.56 Å². The first-order valence-corrected chi connectivity index (χ1v) is 8.70. The number of ether oxygens (including phenoxy) is 1. The molecule has 128 valence electrons. The number of aromatic nitrogens is 1. The van der Waals surface area contributed by atoms with Gasteiger partial charge < -0.3 is 14.6 Å². The Balaban J connectivity index is 2.01. The Hall–Kier alpha value is -2.59. The summed E-state index contributed by atoms with van der Waals surface area (Å²) < 4.78 is 5.52. The first-order valence-electron chi connectivity index (χ1n) is 8.70. The number of H-pyrrole nitrogens is 1. The number of pyridine rings is 1. The molecule has 0 amide bonds. The fourth-order valence-electron chi connectivity index (χ4n) is 3.47. The lowest BCUT2D eigenvalue weighted by molar-refractivity contribution is 0.123. The van der Waals surface area contributed by atoms with Gasteiger partial charge in [-0.3, -0.25) is 4.79 Å². The second-order valence-corrected chi connectivity index (χ2v) is 6.69. The van der Waals surface area contributed by atoms with E-state index in [2.05, 4.69) is 53.2 Å². The van der Waals surface area contributed by atoms with Crippen LogP contribution in [0.25, 0.3) is 22.0 Å². The molecule has 0 atom stereocenters. The monoisotopic (exact) mass is 334 g/mol. The Morgan fingerprint density at radius 1 is 0.920 bits per heavy atom. The lowest BCUT2D eigenvalue weighted by atomic mass is 10.0. The van der Waals surface area contributed by atoms with Gasteiger partial charge in [0.25, 0.3) is 5.56 Å². The van der Waals surface area contributed by atoms with Gasteiger partial charge in [-0.15, -0.1) is 0 Å². The minimum atomic E-state index is -0.0358. The maximum absolute atomic E-state index is 12.7. The fraction of sp³-hybridized carbons (Fsp3) is 0.286. The number of nitrogens with zero attached hydrogens (tertiary/aromatic N) is 1. The van der Waals surface area contributed by atoms with E-state index < -0.39 is 0 Å². The third-order valence-corrected chi connectivity index (χ3v) is 4.82. The molecule has 4 nitrogen and oxygen atoms in total. The van der Waals surface area contributed by atoms with Gasteiger partial charge in [-0.1, -0.05) is 47.5 Å². The van der Waals surface area contributed by atoms with Crippen molar-refractivity contribution >= 4 is 16.5 Å². The van der Waals surface area contributed by atoms with Crippen LogP contribution < -0.4 is 10.5 Å². The molecule has 0 unspecified atom stereocenters. The normalized spacial score (nSPS) is 14.9. The molecule has 4 rings (SSSR count). The quantitative estimate of drug-likeness (QED) is 0.778. The Bertz CT molecular complexity index is 968. The second kappa shape index (κ2) is 6.37. The number of hydrogen-bond donors (Lipinski definition) is 1. The highest BCUT2D eigenvalue weighted by Gasteiger charge is 2.20. The zero-order valence-electron chi connectivity index (χ0n) is 14.6. The average molecular weight is 334 g/mol. The maximum Gasteiger partial charge on any atom is 0.256 e. The van der Waals surface area contributed by atoms with Gasteiger partial charge in [-0.25, -0.2) is 0 Å². The first-order chi connectivity index (χ1) is 12.1. The van der Waals surface area contributed by atoms with Gasteiger partial charge >= 0.3 is 0 Å². The van der Waals surface area contributed by atoms with Crippen molar-refractivity contribution in [1.82, 2.24) is 4.98 Å². The van der Waals surface area contributed by atoms with E-state index in [1.165, 1.54) is 5.56 Å². The smallest absolute Gasteiger partial charge is 0.256 e. The highest BCUT2D eigenvalue weighted by atomic mass is 16.5. The van der Waals surface area contributed by atoms with Gasteiger partial charge in [0.05, 0.1) is 24.6 Å². The second-order valence-electron chi connectivity index (χ2n) is 6.69. The third kappa shape index (κ3) is 2.94. The summed E-state index contributed by atoms with van der Waals surface area (Å²) in [6, 6.07) is 14.4. The van der Waals surface area contributed by atoms with E-state index in [4.69, 9.17) is 4.74 Å². The molecule has 0 saturated carbocycles. The molecule has 1 fully saturated rings. The van der Waals surface area contributed by atoms with E-state index in [9.17, 15) is 4.79 Å². The highest BCUT2D eigenvalue weighted by molar-refractivity contribution is 6.00. The number of morpholine rings is 1. The van der Waals surface area contributed by atoms with Crippen molar-refractivity contribution in [3.05, 3.63) is 63.9 Å². The molecule has 4 heteroatoms. The average Bonchev–Trinajstić information content (AvgIpc) is 2.63. The Kier molecular flexibility index (Phi) is 4.06. The van der Waals surface area contributed by atoms with Crippen molar-refractivity contribution in [2.75, 3.05) is 31.2 Å². The lowest BCUT2D eigenvalue weighted by Gasteiger charge is -2.31. The summed E-state index contributed by atoms with van der Waals surface area (Å²) in [6.45, 7) is 7.15. The third-order valence-electron chi connectivity index (χ3n) is 4.82. The van der Waals surface area contributed by atoms with Crippen LogP contribution in [-0.4, -0.2) is 31.3 Å². The largest absolute Gasteiger partial charge is 0.378 e. The van der Waals surface area contributed by atoms with Crippen molar-refractivity contribution in [3.8, 4) is 11.3 Å². The molecular formula is C21H22N2O2. The lowest BCUT2D eigenvalue weighted by Crippen LogP contribution is -2.37. The molecular weight excluding hydrogens is 312 g/mol. The van der Waals surface area contributed by atoms with Crippen molar-refractivity contribution in [2.24, 2.45) is 0 Å². The molecule has 0 spiro atoms. The Morgan fingerprint density at radius 2 is 1.60 bits per heavy atom. The molecule has 0 aliphatic carbocycles. The van der Waals surface area contributed by atoms with Crippen LogP contribution >= 0.6 is 0 Å². The van der Waals surface area contributed by atoms with E-state index in [0.717, 1.165) is 46.4 Å². The van der Waals surface area contributed by atoms with Crippen LogP contribution in [0.3, 0.4) is 0 Å². The van der Waals surface area contributed by atoms with Crippen molar-refractivity contribution in [2.45, 2.75) is 13.8 Å². The number of anilines is 1. The van der Waals surface area contributed by atoms with Gasteiger partial charge in [-0.2, -0.15) is 0 Å². The van der Waals surface area contributed by atoms with E-state index in [1.54, 1.807) is 0 Å². The summed E-state index contributed by atoms with van der Waals surface area (Å²) >= 11 is 0. The predicted octanol–water partition coefficient (Wildman–Crippen LogP) is 3.65. The number of rotatable bonds is 2. The fourth-order valence-corrected chi connectivity index (χ4v) is 3.47. The van der Waals surface area contributed by atoms with Crippen molar-refractivity contribution in [1.29, 1.82) is 0 Å². The van der Waals surface area contributed by atoms with Gasteiger partial charge in [0, 0.05) is 29.4 Å². The van der Waals surface area contributed by atoms with Crippen LogP contribution in [0.4, 0.5) is 5.69 Å². The Labute approximate surface area is 147 Å². The topological polar surface area (TPSA) is 45.3 Å². The Morgan fingerprint density at radius 3 is 2.32 bits per heavy atom. The molecule has 1 aliphatic rings. The van der Waals surface area contributed by atoms with Crippen LogP contribution in [-0.2, 0) is 4.74 Å². The summed E-state index contributed by atoms with van der Waals surface area (Å²) in [5.74, 6) is 0. The number of aromatic amines is 1. The molecule has 1 aliphatic heterocycles. The molecule has 0 bridgehead atoms. The summed E-state index contributed by atoms with van der Waals surface area (Å²) in [6.07, 6.45) is 0. The minimum Gasteiger partial charge on any atom is -0.378 e. The van der Waals surface area contributed by atoms with Gasteiger partial charge in [0.2, 0.25) is 0 Å². The molecule has 0 radical (unpaired) electrons. The number of nitrogens with one attached hydrogen (secondary N) is 1. The van der Waals surface area contributed by atoms with Gasteiger partial charge in [0.1, 0.15) is 0 Å². The van der Waals surface area contributed by atoms with E-state index in [0.29, 0.717) is 13.2 Å². The summed E-state index contributed by atoms with van der Waals surface area (Å²) in [7, 11) is 0. The molecule has 1 aromatic heterocycles.